The first kappa shape index (κ1) is 23.8. The molecule has 3 aromatic carbocycles. The van der Waals surface area contributed by atoms with Crippen molar-refractivity contribution in [3.8, 4) is 17.1 Å². The number of ether oxygens (including phenoxy) is 1. The first-order valence-electron chi connectivity index (χ1n) is 11.8. The lowest BCUT2D eigenvalue weighted by Crippen LogP contribution is -2.45. The van der Waals surface area contributed by atoms with Crippen LogP contribution in [-0.4, -0.2) is 27.3 Å². The first-order chi connectivity index (χ1) is 17.4. The van der Waals surface area contributed by atoms with E-state index in [1.165, 1.54) is 16.7 Å². The van der Waals surface area contributed by atoms with Crippen molar-refractivity contribution in [1.82, 2.24) is 20.4 Å². The largest absolute Gasteiger partial charge is 0.497 e. The number of hydrogen-bond acceptors (Lipinski definition) is 5. The van der Waals surface area contributed by atoms with E-state index < -0.39 is 0 Å². The number of methoxy groups -OCH3 is 1. The summed E-state index contributed by atoms with van der Waals surface area (Å²) in [4.78, 5) is 6.90. The molecule has 4 aromatic rings. The molecular formula is C29H28N4O2S. The number of benzene rings is 3. The monoisotopic (exact) mass is 496 g/mol. The minimum Gasteiger partial charge on any atom is -0.497 e. The van der Waals surface area contributed by atoms with Gasteiger partial charge in [0.05, 0.1) is 18.7 Å². The maximum absolute atomic E-state index is 5.85. The number of rotatable bonds is 6. The molecule has 1 aromatic heterocycles. The average molecular weight is 497 g/mol. The summed E-state index contributed by atoms with van der Waals surface area (Å²) >= 11 is 5.85. The molecule has 1 aliphatic rings. The Morgan fingerprint density at radius 1 is 0.972 bits per heavy atom. The van der Waals surface area contributed by atoms with Gasteiger partial charge in [-0.2, -0.15) is 4.98 Å². The van der Waals surface area contributed by atoms with Crippen molar-refractivity contribution in [2.24, 2.45) is 0 Å². The molecule has 6 nitrogen and oxygen atoms in total. The second-order valence-electron chi connectivity index (χ2n) is 9.02. The molecule has 0 spiro atoms. The van der Waals surface area contributed by atoms with E-state index in [0.29, 0.717) is 23.4 Å². The molecular weight excluding hydrogens is 468 g/mol. The summed E-state index contributed by atoms with van der Waals surface area (Å²) in [5.74, 6) is 1.76. The van der Waals surface area contributed by atoms with E-state index in [1.807, 2.05) is 24.3 Å². The van der Waals surface area contributed by atoms with E-state index in [2.05, 4.69) is 84.7 Å². The van der Waals surface area contributed by atoms with Crippen molar-refractivity contribution in [2.45, 2.75) is 33.4 Å². The fourth-order valence-electron chi connectivity index (χ4n) is 4.44. The number of nitrogens with one attached hydrogen (secondary N) is 1. The van der Waals surface area contributed by atoms with Gasteiger partial charge in [-0.15, -0.1) is 0 Å². The molecule has 0 aliphatic carbocycles. The van der Waals surface area contributed by atoms with Gasteiger partial charge in [0, 0.05) is 17.8 Å². The van der Waals surface area contributed by atoms with Gasteiger partial charge in [-0.1, -0.05) is 64.8 Å². The lowest BCUT2D eigenvalue weighted by atomic mass is 9.94. The summed E-state index contributed by atoms with van der Waals surface area (Å²) in [5.41, 5.74) is 7.41. The Kier molecular flexibility index (Phi) is 6.57. The molecule has 1 atom stereocenters. The number of nitrogens with zero attached hydrogens (tertiary/aromatic N) is 3. The van der Waals surface area contributed by atoms with Crippen molar-refractivity contribution in [3.05, 3.63) is 107 Å². The van der Waals surface area contributed by atoms with Gasteiger partial charge in [-0.05, 0) is 68.4 Å². The van der Waals surface area contributed by atoms with Gasteiger partial charge in [0.2, 0.25) is 5.82 Å². The smallest absolute Gasteiger partial charge is 0.258 e. The summed E-state index contributed by atoms with van der Waals surface area (Å²) in [7, 11) is 1.64. The first-order valence-corrected chi connectivity index (χ1v) is 12.2. The van der Waals surface area contributed by atoms with Gasteiger partial charge >= 0.3 is 0 Å². The molecule has 0 saturated heterocycles. The van der Waals surface area contributed by atoms with E-state index in [4.69, 9.17) is 26.5 Å². The van der Waals surface area contributed by atoms with Crippen LogP contribution < -0.4 is 10.1 Å². The van der Waals surface area contributed by atoms with Gasteiger partial charge in [-0.3, -0.25) is 0 Å². The van der Waals surface area contributed by atoms with Gasteiger partial charge in [0.15, 0.2) is 5.11 Å². The van der Waals surface area contributed by atoms with Gasteiger partial charge in [0.25, 0.3) is 5.89 Å². The van der Waals surface area contributed by atoms with Crippen LogP contribution in [0.2, 0.25) is 0 Å². The Hall–Kier alpha value is -3.97. The van der Waals surface area contributed by atoms with Crippen LogP contribution in [0.15, 0.2) is 83.0 Å². The van der Waals surface area contributed by atoms with Crippen LogP contribution in [0.1, 0.15) is 41.1 Å². The predicted molar refractivity (Wildman–Crippen MR) is 145 cm³/mol. The predicted octanol–water partition coefficient (Wildman–Crippen LogP) is 6.22. The molecule has 0 amide bonds. The fourth-order valence-corrected chi connectivity index (χ4v) is 4.76. The summed E-state index contributed by atoms with van der Waals surface area (Å²) in [6.45, 7) is 6.88. The summed E-state index contributed by atoms with van der Waals surface area (Å²) in [6, 6.07) is 24.3. The zero-order valence-electron chi connectivity index (χ0n) is 20.8. The Morgan fingerprint density at radius 3 is 2.42 bits per heavy atom. The Bertz CT molecular complexity index is 1420. The molecule has 182 valence electrons. The van der Waals surface area contributed by atoms with Gasteiger partial charge in [0.1, 0.15) is 5.75 Å². The van der Waals surface area contributed by atoms with E-state index in [-0.39, 0.29) is 6.04 Å². The number of hydrogen-bond donors (Lipinski definition) is 1. The molecule has 2 heterocycles. The normalized spacial score (nSPS) is 15.7. The second kappa shape index (κ2) is 9.95. The standard InChI is InChI=1S/C29H28N4O2S/c1-18-8-10-22(11-9-18)26-25(28-31-27(32-35-28)23-12-14-24(34-4)15-13-23)20(3)33(29(36)30-26)17-21-7-5-6-19(2)16-21/h5-16,26H,17H2,1-4H3,(H,30,36). The second-order valence-corrected chi connectivity index (χ2v) is 9.41. The molecule has 36 heavy (non-hydrogen) atoms. The molecule has 0 saturated carbocycles. The van der Waals surface area contributed by atoms with E-state index in [1.54, 1.807) is 7.11 Å². The summed E-state index contributed by atoms with van der Waals surface area (Å²) < 4.78 is 11.1. The fraction of sp³-hybridized carbons (Fsp3) is 0.207. The third-order valence-electron chi connectivity index (χ3n) is 6.43. The summed E-state index contributed by atoms with van der Waals surface area (Å²) in [5, 5.41) is 8.49. The number of allylic oxidation sites excluding steroid dienone is 1. The molecule has 0 fully saturated rings. The van der Waals surface area contributed by atoms with Crippen molar-refractivity contribution >= 4 is 22.9 Å². The lowest BCUT2D eigenvalue weighted by Gasteiger charge is -2.37. The topological polar surface area (TPSA) is 63.4 Å². The van der Waals surface area contributed by atoms with E-state index in [9.17, 15) is 0 Å². The summed E-state index contributed by atoms with van der Waals surface area (Å²) in [6.07, 6.45) is 0. The Balaban J connectivity index is 1.58. The minimum atomic E-state index is -0.212. The van der Waals surface area contributed by atoms with E-state index >= 15 is 0 Å². The van der Waals surface area contributed by atoms with Crippen molar-refractivity contribution in [2.75, 3.05) is 7.11 Å². The Labute approximate surface area is 216 Å². The van der Waals surface area contributed by atoms with Crippen LogP contribution in [-0.2, 0) is 6.54 Å². The van der Waals surface area contributed by atoms with Crippen molar-refractivity contribution in [1.29, 1.82) is 0 Å². The Morgan fingerprint density at radius 2 is 1.72 bits per heavy atom. The highest BCUT2D eigenvalue weighted by Crippen LogP contribution is 2.38. The van der Waals surface area contributed by atoms with Crippen molar-refractivity contribution < 1.29 is 9.26 Å². The van der Waals surface area contributed by atoms with E-state index in [0.717, 1.165) is 28.1 Å². The van der Waals surface area contributed by atoms with Gasteiger partial charge in [-0.25, -0.2) is 0 Å². The number of aromatic nitrogens is 2. The maximum atomic E-state index is 5.85. The molecule has 0 radical (unpaired) electrons. The number of aryl methyl sites for hydroxylation is 2. The van der Waals surface area contributed by atoms with Crippen LogP contribution in [0.3, 0.4) is 0 Å². The highest BCUT2D eigenvalue weighted by Gasteiger charge is 2.34. The van der Waals surface area contributed by atoms with Crippen LogP contribution >= 0.6 is 12.2 Å². The maximum Gasteiger partial charge on any atom is 0.258 e. The molecule has 7 heteroatoms. The molecule has 0 bridgehead atoms. The highest BCUT2D eigenvalue weighted by molar-refractivity contribution is 7.80. The quantitative estimate of drug-likeness (QED) is 0.318. The zero-order valence-corrected chi connectivity index (χ0v) is 21.6. The average Bonchev–Trinajstić information content (AvgIpc) is 3.36. The van der Waals surface area contributed by atoms with Crippen LogP contribution in [0.4, 0.5) is 0 Å². The number of thiocarbonyl (C=S) groups is 1. The molecule has 1 aliphatic heterocycles. The third-order valence-corrected chi connectivity index (χ3v) is 6.77. The van der Waals surface area contributed by atoms with Crippen LogP contribution in [0.5, 0.6) is 5.75 Å². The lowest BCUT2D eigenvalue weighted by molar-refractivity contribution is 0.396. The zero-order chi connectivity index (χ0) is 25.2. The highest BCUT2D eigenvalue weighted by atomic mass is 32.1. The molecule has 1 N–H and O–H groups in total. The molecule has 1 unspecified atom stereocenters. The SMILES string of the molecule is COc1ccc(-c2noc(C3=C(C)N(Cc4cccc(C)c4)C(=S)NC3c3ccc(C)cc3)n2)cc1. The molecule has 5 rings (SSSR count). The van der Waals surface area contributed by atoms with Crippen LogP contribution in [0.25, 0.3) is 17.0 Å². The third kappa shape index (κ3) is 4.75. The van der Waals surface area contributed by atoms with Crippen molar-refractivity contribution in [3.63, 3.8) is 0 Å². The van der Waals surface area contributed by atoms with Gasteiger partial charge < -0.3 is 19.5 Å². The minimum absolute atomic E-state index is 0.212. The van der Waals surface area contributed by atoms with Crippen LogP contribution in [0, 0.1) is 13.8 Å².